The summed E-state index contributed by atoms with van der Waals surface area (Å²) < 4.78 is 5.20. The lowest BCUT2D eigenvalue weighted by Crippen LogP contribution is -2.49. The molecule has 4 rings (SSSR count). The number of aromatic nitrogens is 4. The van der Waals surface area contributed by atoms with Gasteiger partial charge >= 0.3 is 0 Å². The van der Waals surface area contributed by atoms with Gasteiger partial charge in [-0.2, -0.15) is 4.80 Å². The number of halogens is 1. The Morgan fingerprint density at radius 2 is 1.84 bits per heavy atom. The number of carbonyl (C=O) groups is 2. The van der Waals surface area contributed by atoms with Gasteiger partial charge in [0.1, 0.15) is 18.3 Å². The lowest BCUT2D eigenvalue weighted by Gasteiger charge is -2.33. The van der Waals surface area contributed by atoms with E-state index in [0.29, 0.717) is 16.6 Å². The molecule has 2 heterocycles. The highest BCUT2D eigenvalue weighted by atomic mass is 35.5. The first kappa shape index (κ1) is 27.3. The molecule has 2 aromatic heterocycles. The third-order valence-corrected chi connectivity index (χ3v) is 6.86. The second kappa shape index (κ2) is 11.7. The fraction of sp³-hybridized carbons (Fsp3) is 0.296. The molecule has 2 aromatic carbocycles. The number of methoxy groups -OCH3 is 1. The number of hydrogen-bond acceptors (Lipinski definition) is 7. The minimum Gasteiger partial charge on any atom is -0.497 e. The minimum absolute atomic E-state index is 0.124. The van der Waals surface area contributed by atoms with Crippen LogP contribution in [0.25, 0.3) is 11.4 Å². The second-order valence-corrected chi connectivity index (χ2v) is 11.0. The Morgan fingerprint density at radius 1 is 1.11 bits per heavy atom. The molecule has 0 unspecified atom stereocenters. The van der Waals surface area contributed by atoms with Crippen LogP contribution in [0.1, 0.15) is 37.3 Å². The summed E-state index contributed by atoms with van der Waals surface area (Å²) in [6, 6.07) is 17.3. The van der Waals surface area contributed by atoms with Crippen LogP contribution in [-0.4, -0.2) is 49.6 Å². The smallest absolute Gasteiger partial charge is 0.248 e. The van der Waals surface area contributed by atoms with Crippen molar-refractivity contribution in [2.24, 2.45) is 0 Å². The van der Waals surface area contributed by atoms with Gasteiger partial charge in [-0.3, -0.25) is 9.59 Å². The molecule has 1 N–H and O–H groups in total. The molecular weight excluding hydrogens is 524 g/mol. The van der Waals surface area contributed by atoms with Gasteiger partial charge in [0, 0.05) is 27.5 Å². The Hall–Kier alpha value is -3.76. The molecular formula is C27H29ClN6O3S. The molecule has 0 fully saturated rings. The van der Waals surface area contributed by atoms with Crippen molar-refractivity contribution < 1.29 is 14.3 Å². The van der Waals surface area contributed by atoms with Crippen molar-refractivity contribution in [3.05, 3.63) is 81.5 Å². The van der Waals surface area contributed by atoms with E-state index in [1.54, 1.807) is 25.3 Å². The fourth-order valence-electron chi connectivity index (χ4n) is 3.82. The molecule has 11 heteroatoms. The summed E-state index contributed by atoms with van der Waals surface area (Å²) in [5, 5.41) is 18.0. The van der Waals surface area contributed by atoms with Crippen molar-refractivity contribution in [3.63, 3.8) is 0 Å². The van der Waals surface area contributed by atoms with Gasteiger partial charge in [0.2, 0.25) is 17.6 Å². The molecule has 0 saturated heterocycles. The van der Waals surface area contributed by atoms with Crippen molar-refractivity contribution in [2.45, 2.75) is 45.4 Å². The van der Waals surface area contributed by atoms with Crippen molar-refractivity contribution in [3.8, 4) is 17.1 Å². The third kappa shape index (κ3) is 6.76. The van der Waals surface area contributed by atoms with Gasteiger partial charge in [-0.15, -0.1) is 21.5 Å². The van der Waals surface area contributed by atoms with Crippen LogP contribution in [0, 0.1) is 0 Å². The quantitative estimate of drug-likeness (QED) is 0.321. The van der Waals surface area contributed by atoms with Crippen LogP contribution in [-0.2, 0) is 22.7 Å². The summed E-state index contributed by atoms with van der Waals surface area (Å²) in [6.07, 6.45) is 0. The molecule has 0 aliphatic heterocycles. The summed E-state index contributed by atoms with van der Waals surface area (Å²) in [5.41, 5.74) is 0.962. The molecule has 9 nitrogen and oxygen atoms in total. The van der Waals surface area contributed by atoms with Crippen molar-refractivity contribution in [1.29, 1.82) is 0 Å². The largest absolute Gasteiger partial charge is 0.497 e. The molecule has 0 radical (unpaired) electrons. The SMILES string of the molecule is COc1ccc(-c2nnn(CC(=O)N(Cc3ccccc3Cl)[C@H](C(=O)NC(C)(C)C)c3cccs3)n2)cc1. The highest BCUT2D eigenvalue weighted by Gasteiger charge is 2.34. The van der Waals surface area contributed by atoms with E-state index in [9.17, 15) is 9.59 Å². The second-order valence-electron chi connectivity index (χ2n) is 9.64. The summed E-state index contributed by atoms with van der Waals surface area (Å²) >= 11 is 7.87. The van der Waals surface area contributed by atoms with Crippen LogP contribution in [0.3, 0.4) is 0 Å². The number of tetrazole rings is 1. The van der Waals surface area contributed by atoms with Crippen LogP contribution >= 0.6 is 22.9 Å². The fourth-order valence-corrected chi connectivity index (χ4v) is 4.85. The van der Waals surface area contributed by atoms with Gasteiger partial charge in [0.15, 0.2) is 0 Å². The predicted octanol–water partition coefficient (Wildman–Crippen LogP) is 4.75. The maximum Gasteiger partial charge on any atom is 0.248 e. The number of hydrogen-bond donors (Lipinski definition) is 1. The number of amides is 2. The molecule has 0 aliphatic rings. The van der Waals surface area contributed by atoms with Gasteiger partial charge in [-0.05, 0) is 73.3 Å². The van der Waals surface area contributed by atoms with Gasteiger partial charge in [0.25, 0.3) is 0 Å². The first-order valence-corrected chi connectivity index (χ1v) is 13.2. The number of ether oxygens (including phenoxy) is 1. The van der Waals surface area contributed by atoms with Gasteiger partial charge in [-0.25, -0.2) is 0 Å². The monoisotopic (exact) mass is 552 g/mol. The van der Waals surface area contributed by atoms with Gasteiger partial charge in [0.05, 0.1) is 7.11 Å². The highest BCUT2D eigenvalue weighted by molar-refractivity contribution is 7.10. The molecule has 0 bridgehead atoms. The van der Waals surface area contributed by atoms with E-state index in [4.69, 9.17) is 16.3 Å². The average Bonchev–Trinajstić information content (AvgIpc) is 3.56. The first-order valence-electron chi connectivity index (χ1n) is 11.9. The van der Waals surface area contributed by atoms with Crippen LogP contribution in [0.15, 0.2) is 66.0 Å². The van der Waals surface area contributed by atoms with E-state index in [-0.39, 0.29) is 24.9 Å². The van der Waals surface area contributed by atoms with E-state index >= 15 is 0 Å². The van der Waals surface area contributed by atoms with Crippen molar-refractivity contribution >= 4 is 34.8 Å². The maximum atomic E-state index is 13.8. The number of nitrogens with zero attached hydrogens (tertiary/aromatic N) is 5. The Bertz CT molecular complexity index is 1380. The summed E-state index contributed by atoms with van der Waals surface area (Å²) in [6.45, 7) is 5.61. The zero-order chi connectivity index (χ0) is 27.3. The zero-order valence-corrected chi connectivity index (χ0v) is 23.2. The maximum absolute atomic E-state index is 13.8. The number of thiophene rings is 1. The Balaban J connectivity index is 1.66. The molecule has 0 saturated carbocycles. The number of rotatable bonds is 9. The Labute approximate surface area is 230 Å². The average molecular weight is 553 g/mol. The van der Waals surface area contributed by atoms with Gasteiger partial charge in [-0.1, -0.05) is 35.9 Å². The number of benzene rings is 2. The molecule has 0 spiro atoms. The topological polar surface area (TPSA) is 102 Å². The van der Waals surface area contributed by atoms with Crippen LogP contribution in [0.2, 0.25) is 5.02 Å². The van der Waals surface area contributed by atoms with E-state index in [2.05, 4.69) is 20.7 Å². The normalized spacial score (nSPS) is 12.1. The minimum atomic E-state index is -0.873. The Kier molecular flexibility index (Phi) is 8.43. The molecule has 0 aliphatic carbocycles. The van der Waals surface area contributed by atoms with E-state index in [1.165, 1.54) is 21.0 Å². The van der Waals surface area contributed by atoms with Crippen LogP contribution in [0.5, 0.6) is 5.75 Å². The number of nitrogens with one attached hydrogen (secondary N) is 1. The Morgan fingerprint density at radius 3 is 2.47 bits per heavy atom. The summed E-state index contributed by atoms with van der Waals surface area (Å²) in [4.78, 5) is 30.9. The molecule has 4 aromatic rings. The first-order chi connectivity index (χ1) is 18.1. The highest BCUT2D eigenvalue weighted by Crippen LogP contribution is 2.30. The van der Waals surface area contributed by atoms with Crippen molar-refractivity contribution in [2.75, 3.05) is 7.11 Å². The molecule has 1 atom stereocenters. The summed E-state index contributed by atoms with van der Waals surface area (Å²) in [7, 11) is 1.59. The standard InChI is InChI=1S/C27H29ClN6O3S/c1-27(2,3)29-26(36)24(22-10-7-15-38-22)33(16-19-8-5-6-9-21(19)28)23(35)17-34-31-25(30-32-34)18-11-13-20(37-4)14-12-18/h5-15,24H,16-17H2,1-4H3,(H,29,36)/t24-/m0/s1. The molecule has 198 valence electrons. The van der Waals surface area contributed by atoms with Gasteiger partial charge < -0.3 is 15.0 Å². The van der Waals surface area contributed by atoms with Crippen LogP contribution < -0.4 is 10.1 Å². The van der Waals surface area contributed by atoms with E-state index in [1.807, 2.05) is 68.6 Å². The van der Waals surface area contributed by atoms with E-state index < -0.39 is 11.6 Å². The van der Waals surface area contributed by atoms with E-state index in [0.717, 1.165) is 16.0 Å². The lowest BCUT2D eigenvalue weighted by atomic mass is 10.1. The predicted molar refractivity (Wildman–Crippen MR) is 147 cm³/mol. The number of carbonyl (C=O) groups excluding carboxylic acids is 2. The third-order valence-electron chi connectivity index (χ3n) is 5.57. The molecule has 38 heavy (non-hydrogen) atoms. The lowest BCUT2D eigenvalue weighted by molar-refractivity contribution is -0.143. The molecule has 2 amide bonds. The van der Waals surface area contributed by atoms with Crippen molar-refractivity contribution in [1.82, 2.24) is 30.4 Å². The zero-order valence-electron chi connectivity index (χ0n) is 21.6. The van der Waals surface area contributed by atoms with Crippen LogP contribution in [0.4, 0.5) is 0 Å². The summed E-state index contributed by atoms with van der Waals surface area (Å²) in [5.74, 6) is 0.440.